The van der Waals surface area contributed by atoms with Gasteiger partial charge in [-0.25, -0.2) is 0 Å². The zero-order valence-electron chi connectivity index (χ0n) is 21.1. The summed E-state index contributed by atoms with van der Waals surface area (Å²) >= 11 is 0. The predicted molar refractivity (Wildman–Crippen MR) is 144 cm³/mol. The number of benzene rings is 3. The van der Waals surface area contributed by atoms with Crippen LogP contribution in [0.5, 0.6) is 17.2 Å². The van der Waals surface area contributed by atoms with Crippen molar-refractivity contribution in [1.82, 2.24) is 0 Å². The maximum atomic E-state index is 12.8. The molecule has 0 saturated carbocycles. The first kappa shape index (κ1) is 27.5. The van der Waals surface area contributed by atoms with Gasteiger partial charge in [0.1, 0.15) is 24.0 Å². The molecule has 0 radical (unpaired) electrons. The van der Waals surface area contributed by atoms with Gasteiger partial charge in [0, 0.05) is 29.4 Å². The van der Waals surface area contributed by atoms with E-state index >= 15 is 0 Å². The van der Waals surface area contributed by atoms with Crippen molar-refractivity contribution in [2.24, 2.45) is 0 Å². The molecule has 0 fully saturated rings. The number of anilines is 1. The summed E-state index contributed by atoms with van der Waals surface area (Å²) in [5.41, 5.74) is 2.45. The number of amides is 1. The first-order valence-electron chi connectivity index (χ1n) is 11.7. The molecule has 0 heterocycles. The Labute approximate surface area is 220 Å². The van der Waals surface area contributed by atoms with Crippen LogP contribution in [0.3, 0.4) is 0 Å². The lowest BCUT2D eigenvalue weighted by Crippen LogP contribution is -2.13. The van der Waals surface area contributed by atoms with E-state index in [1.807, 2.05) is 13.0 Å². The third-order valence-corrected chi connectivity index (χ3v) is 5.35. The molecule has 0 aliphatic rings. The van der Waals surface area contributed by atoms with E-state index in [1.54, 1.807) is 54.6 Å². The Morgan fingerprint density at radius 3 is 2.55 bits per heavy atom. The van der Waals surface area contributed by atoms with Crippen LogP contribution in [0.2, 0.25) is 0 Å². The van der Waals surface area contributed by atoms with Gasteiger partial charge in [-0.2, -0.15) is 5.26 Å². The van der Waals surface area contributed by atoms with Crippen LogP contribution in [0.15, 0.2) is 78.9 Å². The van der Waals surface area contributed by atoms with Crippen LogP contribution in [0.25, 0.3) is 6.08 Å². The molecule has 0 spiro atoms. The number of ether oxygens (including phenoxy) is 3. The molecular weight excluding hydrogens is 486 g/mol. The van der Waals surface area contributed by atoms with Crippen molar-refractivity contribution in [1.29, 1.82) is 5.26 Å². The zero-order valence-corrected chi connectivity index (χ0v) is 21.1. The highest BCUT2D eigenvalue weighted by Crippen LogP contribution is 2.35. The summed E-state index contributed by atoms with van der Waals surface area (Å²) in [6.45, 7) is 6.16. The minimum atomic E-state index is -0.567. The van der Waals surface area contributed by atoms with Crippen molar-refractivity contribution in [3.8, 4) is 23.3 Å². The molecule has 0 aliphatic carbocycles. The van der Waals surface area contributed by atoms with Crippen LogP contribution >= 0.6 is 0 Å². The number of allylic oxidation sites excluding steroid dienone is 1. The maximum Gasteiger partial charge on any atom is 0.269 e. The zero-order chi connectivity index (χ0) is 27.5. The number of hydrogen-bond acceptors (Lipinski definition) is 7. The van der Waals surface area contributed by atoms with Gasteiger partial charge in [-0.1, -0.05) is 12.1 Å². The van der Waals surface area contributed by atoms with Crippen molar-refractivity contribution in [2.75, 3.05) is 19.0 Å². The third kappa shape index (κ3) is 7.21. The van der Waals surface area contributed by atoms with E-state index in [4.69, 9.17) is 14.2 Å². The number of hydrogen-bond donors (Lipinski definition) is 1. The molecule has 0 bridgehead atoms. The molecule has 9 nitrogen and oxygen atoms in total. The van der Waals surface area contributed by atoms with E-state index in [0.717, 1.165) is 11.1 Å². The van der Waals surface area contributed by atoms with E-state index in [0.29, 0.717) is 41.5 Å². The number of nitrogens with one attached hydrogen (secondary N) is 1. The summed E-state index contributed by atoms with van der Waals surface area (Å²) in [4.78, 5) is 23.3. The molecule has 38 heavy (non-hydrogen) atoms. The molecule has 0 unspecified atom stereocenters. The van der Waals surface area contributed by atoms with Gasteiger partial charge in [0.25, 0.3) is 11.6 Å². The van der Waals surface area contributed by atoms with Crippen LogP contribution in [0.1, 0.15) is 23.6 Å². The number of non-ortho nitro benzene ring substituents is 1. The fraction of sp³-hybridized carbons (Fsp3) is 0.172. The highest BCUT2D eigenvalue weighted by Gasteiger charge is 2.16. The summed E-state index contributed by atoms with van der Waals surface area (Å²) < 4.78 is 17.1. The minimum absolute atomic E-state index is 0.00372. The van der Waals surface area contributed by atoms with Gasteiger partial charge in [-0.15, -0.1) is 6.58 Å². The van der Waals surface area contributed by atoms with E-state index in [1.165, 1.54) is 25.3 Å². The highest BCUT2D eigenvalue weighted by molar-refractivity contribution is 6.09. The summed E-state index contributed by atoms with van der Waals surface area (Å²) in [6, 6.07) is 18.4. The van der Waals surface area contributed by atoms with Gasteiger partial charge in [0.2, 0.25) is 0 Å². The Hall–Kier alpha value is -5.10. The van der Waals surface area contributed by atoms with Crippen molar-refractivity contribution in [3.63, 3.8) is 0 Å². The Bertz CT molecular complexity index is 1390. The van der Waals surface area contributed by atoms with E-state index < -0.39 is 10.8 Å². The minimum Gasteiger partial charge on any atom is -0.497 e. The molecule has 0 atom stereocenters. The van der Waals surface area contributed by atoms with E-state index in [9.17, 15) is 20.2 Å². The molecule has 9 heteroatoms. The fourth-order valence-electron chi connectivity index (χ4n) is 3.58. The fourth-order valence-corrected chi connectivity index (χ4v) is 3.58. The Morgan fingerprint density at radius 1 is 1.16 bits per heavy atom. The van der Waals surface area contributed by atoms with Crippen LogP contribution in [0, 0.1) is 21.4 Å². The number of nitriles is 1. The van der Waals surface area contributed by atoms with Crippen molar-refractivity contribution in [3.05, 3.63) is 106 Å². The first-order chi connectivity index (χ1) is 18.4. The molecule has 194 valence electrons. The second kappa shape index (κ2) is 13.3. The van der Waals surface area contributed by atoms with Gasteiger partial charge in [-0.3, -0.25) is 14.9 Å². The number of carbonyl (C=O) groups is 1. The molecule has 3 rings (SSSR count). The van der Waals surface area contributed by atoms with E-state index in [-0.39, 0.29) is 17.9 Å². The Balaban J connectivity index is 1.90. The van der Waals surface area contributed by atoms with Gasteiger partial charge in [0.05, 0.1) is 18.6 Å². The second-order valence-corrected chi connectivity index (χ2v) is 8.00. The summed E-state index contributed by atoms with van der Waals surface area (Å²) in [6.07, 6.45) is 3.62. The van der Waals surface area contributed by atoms with E-state index in [2.05, 4.69) is 11.9 Å². The molecule has 1 amide bonds. The van der Waals surface area contributed by atoms with Crippen LogP contribution in [-0.2, 0) is 17.8 Å². The monoisotopic (exact) mass is 513 g/mol. The summed E-state index contributed by atoms with van der Waals surface area (Å²) in [5.74, 6) is 0.930. The van der Waals surface area contributed by atoms with Gasteiger partial charge < -0.3 is 19.5 Å². The van der Waals surface area contributed by atoms with Crippen molar-refractivity contribution < 1.29 is 23.9 Å². The molecule has 0 aromatic heterocycles. The molecular formula is C29H27N3O6. The molecule has 3 aromatic carbocycles. The topological polar surface area (TPSA) is 124 Å². The molecule has 0 saturated heterocycles. The molecule has 0 aliphatic heterocycles. The SMILES string of the molecule is C=CCc1cc(/C=C(\C#N)C(=O)Nc2cccc(OC)c2)cc(OCC)c1OCc1ccc([N+](=O)[O-])cc1. The van der Waals surface area contributed by atoms with Crippen molar-refractivity contribution in [2.45, 2.75) is 20.0 Å². The largest absolute Gasteiger partial charge is 0.497 e. The summed E-state index contributed by atoms with van der Waals surface area (Å²) in [7, 11) is 1.53. The highest BCUT2D eigenvalue weighted by atomic mass is 16.6. The average molecular weight is 514 g/mol. The second-order valence-electron chi connectivity index (χ2n) is 8.00. The first-order valence-corrected chi connectivity index (χ1v) is 11.7. The smallest absolute Gasteiger partial charge is 0.269 e. The number of nitro groups is 1. The van der Waals surface area contributed by atoms with Gasteiger partial charge in [-0.05, 0) is 66.9 Å². The number of rotatable bonds is 12. The Kier molecular flexibility index (Phi) is 9.60. The number of nitro benzene ring substituents is 1. The third-order valence-electron chi connectivity index (χ3n) is 5.35. The quantitative estimate of drug-likeness (QED) is 0.106. The standard InChI is InChI=1S/C29H27N3O6/c1-4-7-22-14-21(15-23(18-30)29(33)31-24-8-6-9-26(17-24)36-3)16-27(37-5-2)28(22)38-19-20-10-12-25(13-11-20)32(34)35/h4,6,8-17H,1,5,7,19H2,2-3H3,(H,31,33)/b23-15+. The van der Waals surface area contributed by atoms with Gasteiger partial charge >= 0.3 is 0 Å². The van der Waals surface area contributed by atoms with Gasteiger partial charge in [0.15, 0.2) is 11.5 Å². The molecule has 1 N–H and O–H groups in total. The average Bonchev–Trinajstić information content (AvgIpc) is 2.91. The van der Waals surface area contributed by atoms with Crippen molar-refractivity contribution >= 4 is 23.4 Å². The van der Waals surface area contributed by atoms with Crippen LogP contribution < -0.4 is 19.5 Å². The predicted octanol–water partition coefficient (Wildman–Crippen LogP) is 5.86. The lowest BCUT2D eigenvalue weighted by atomic mass is 10.0. The Morgan fingerprint density at radius 2 is 1.92 bits per heavy atom. The normalized spacial score (nSPS) is 10.7. The number of methoxy groups -OCH3 is 1. The lowest BCUT2D eigenvalue weighted by molar-refractivity contribution is -0.384. The lowest BCUT2D eigenvalue weighted by Gasteiger charge is -2.17. The van der Waals surface area contributed by atoms with Crippen LogP contribution in [-0.4, -0.2) is 24.5 Å². The van der Waals surface area contributed by atoms with Crippen LogP contribution in [0.4, 0.5) is 11.4 Å². The maximum absolute atomic E-state index is 12.8. The number of nitrogens with zero attached hydrogens (tertiary/aromatic N) is 2. The number of carbonyl (C=O) groups excluding carboxylic acids is 1. The summed E-state index contributed by atoms with van der Waals surface area (Å²) in [5, 5.41) is 23.3. The molecule has 3 aromatic rings.